The van der Waals surface area contributed by atoms with Crippen molar-refractivity contribution in [3.05, 3.63) is 71.7 Å². The van der Waals surface area contributed by atoms with Crippen LogP contribution in [0.4, 0.5) is 10.2 Å². The lowest BCUT2D eigenvalue weighted by atomic mass is 10.1. The number of nitrogens with one attached hydrogen (secondary N) is 1. The Morgan fingerprint density at radius 2 is 1.97 bits per heavy atom. The second-order valence-corrected chi connectivity index (χ2v) is 8.19. The highest BCUT2D eigenvalue weighted by Gasteiger charge is 2.18. The molecule has 0 bridgehead atoms. The molecule has 1 aliphatic rings. The highest BCUT2D eigenvalue weighted by molar-refractivity contribution is 5.73. The third-order valence-electron chi connectivity index (χ3n) is 5.73. The zero-order valence-electron chi connectivity index (χ0n) is 18.2. The van der Waals surface area contributed by atoms with Gasteiger partial charge in [-0.25, -0.2) is 14.4 Å². The van der Waals surface area contributed by atoms with E-state index in [1.165, 1.54) is 6.07 Å². The number of rotatable bonds is 6. The van der Waals surface area contributed by atoms with Gasteiger partial charge in [-0.2, -0.15) is 0 Å². The lowest BCUT2D eigenvalue weighted by Gasteiger charge is -2.11. The van der Waals surface area contributed by atoms with Gasteiger partial charge in [-0.15, -0.1) is 0 Å². The maximum Gasteiger partial charge on any atom is 0.189 e. The van der Waals surface area contributed by atoms with E-state index in [-0.39, 0.29) is 11.6 Å². The Balaban J connectivity index is 1.38. The Hall–Kier alpha value is -3.62. The molecule has 0 spiro atoms. The molecule has 1 saturated heterocycles. The zero-order chi connectivity index (χ0) is 22.8. The van der Waals surface area contributed by atoms with E-state index in [0.717, 1.165) is 29.7 Å². The molecule has 2 aromatic carbocycles. The van der Waals surface area contributed by atoms with Gasteiger partial charge in [0.15, 0.2) is 17.3 Å². The van der Waals surface area contributed by atoms with E-state index in [1.807, 2.05) is 37.3 Å². The molecule has 1 aliphatic heterocycles. The molecular weight excluding hydrogens is 421 g/mol. The summed E-state index contributed by atoms with van der Waals surface area (Å²) in [6.07, 6.45) is 2.59. The Morgan fingerprint density at radius 1 is 1.12 bits per heavy atom. The summed E-state index contributed by atoms with van der Waals surface area (Å²) in [6.45, 7) is 4.06. The van der Waals surface area contributed by atoms with Gasteiger partial charge in [0.25, 0.3) is 0 Å². The molecule has 8 heteroatoms. The van der Waals surface area contributed by atoms with Crippen molar-refractivity contribution >= 4 is 5.82 Å². The van der Waals surface area contributed by atoms with Crippen LogP contribution >= 0.6 is 0 Å². The van der Waals surface area contributed by atoms with E-state index in [1.54, 1.807) is 18.3 Å². The summed E-state index contributed by atoms with van der Waals surface area (Å²) in [6, 6.07) is 15.0. The first-order chi connectivity index (χ1) is 16.1. The minimum Gasteiger partial charge on any atom is -0.382 e. The molecule has 0 radical (unpaired) electrons. The van der Waals surface area contributed by atoms with E-state index in [4.69, 9.17) is 15.0 Å². The first-order valence-electron chi connectivity index (χ1n) is 10.8. The maximum absolute atomic E-state index is 14.9. The molecule has 2 aromatic heterocycles. The molecule has 3 heterocycles. The van der Waals surface area contributed by atoms with Crippen molar-refractivity contribution in [3.8, 4) is 34.0 Å². The summed E-state index contributed by atoms with van der Waals surface area (Å²) >= 11 is 0. The van der Waals surface area contributed by atoms with Gasteiger partial charge in [0.05, 0.1) is 18.5 Å². The number of nitrogens with two attached hydrogens (primary N) is 1. The highest BCUT2D eigenvalue weighted by atomic mass is 19.1. The summed E-state index contributed by atoms with van der Waals surface area (Å²) in [5.74, 6) is 0.172. The van der Waals surface area contributed by atoms with Gasteiger partial charge in [0, 0.05) is 36.4 Å². The van der Waals surface area contributed by atoms with Crippen molar-refractivity contribution in [2.24, 2.45) is 0 Å². The van der Waals surface area contributed by atoms with Crippen LogP contribution in [0.3, 0.4) is 0 Å². The zero-order valence-corrected chi connectivity index (χ0v) is 18.2. The first kappa shape index (κ1) is 21.2. The second kappa shape index (κ2) is 9.09. The molecule has 5 rings (SSSR count). The van der Waals surface area contributed by atoms with Gasteiger partial charge in [0.2, 0.25) is 0 Å². The second-order valence-electron chi connectivity index (χ2n) is 8.19. The Bertz CT molecular complexity index is 1270. The van der Waals surface area contributed by atoms with Crippen molar-refractivity contribution in [2.75, 3.05) is 18.9 Å². The van der Waals surface area contributed by atoms with Crippen molar-refractivity contribution < 1.29 is 13.7 Å². The molecule has 1 atom stereocenters. The van der Waals surface area contributed by atoms with E-state index >= 15 is 0 Å². The standard InChI is InChI=1S/C25H24FN5O2/c1-15-2-5-17(6-3-15)22-13-29-25(27)24(30-22)23-11-21(31-33-23)19-7-4-16(10-20(19)26)12-28-18-8-9-32-14-18/h2-7,10-11,13,18,28H,8-9,12,14H2,1H3,(H2,27,29). The normalized spacial score (nSPS) is 15.8. The van der Waals surface area contributed by atoms with Crippen LogP contribution in [0, 0.1) is 12.7 Å². The quantitative estimate of drug-likeness (QED) is 0.455. The third kappa shape index (κ3) is 4.62. The predicted octanol–water partition coefficient (Wildman–Crippen LogP) is 4.37. The molecular formula is C25H24FN5O2. The molecule has 7 nitrogen and oxygen atoms in total. The molecule has 0 aliphatic carbocycles. The average Bonchev–Trinajstić information content (AvgIpc) is 3.51. The van der Waals surface area contributed by atoms with Gasteiger partial charge >= 0.3 is 0 Å². The van der Waals surface area contributed by atoms with E-state index in [9.17, 15) is 4.39 Å². The maximum atomic E-state index is 14.9. The first-order valence-corrected chi connectivity index (χ1v) is 10.8. The SMILES string of the molecule is Cc1ccc(-c2cnc(N)c(-c3cc(-c4ccc(CNC5CCOC5)cc4F)no3)n2)cc1. The number of benzene rings is 2. The lowest BCUT2D eigenvalue weighted by Crippen LogP contribution is -2.28. The number of nitrogens with zero attached hydrogens (tertiary/aromatic N) is 3. The van der Waals surface area contributed by atoms with E-state index in [2.05, 4.69) is 20.4 Å². The molecule has 4 aromatic rings. The fourth-order valence-electron chi connectivity index (χ4n) is 3.79. The van der Waals surface area contributed by atoms with Crippen LogP contribution in [-0.2, 0) is 11.3 Å². The van der Waals surface area contributed by atoms with Crippen LogP contribution in [0.15, 0.2) is 59.3 Å². The fraction of sp³-hybridized carbons (Fsp3) is 0.240. The van der Waals surface area contributed by atoms with Crippen LogP contribution in [0.1, 0.15) is 17.5 Å². The van der Waals surface area contributed by atoms with Crippen molar-refractivity contribution in [1.29, 1.82) is 0 Å². The minimum absolute atomic E-state index is 0.214. The van der Waals surface area contributed by atoms with Crippen LogP contribution in [0.5, 0.6) is 0 Å². The number of aromatic nitrogens is 3. The molecule has 1 fully saturated rings. The lowest BCUT2D eigenvalue weighted by molar-refractivity contribution is 0.190. The molecule has 0 amide bonds. The largest absolute Gasteiger partial charge is 0.382 e. The molecule has 1 unspecified atom stereocenters. The van der Waals surface area contributed by atoms with E-state index < -0.39 is 0 Å². The van der Waals surface area contributed by atoms with E-state index in [0.29, 0.717) is 47.6 Å². The molecule has 33 heavy (non-hydrogen) atoms. The summed E-state index contributed by atoms with van der Waals surface area (Å²) in [5.41, 5.74) is 10.7. The summed E-state index contributed by atoms with van der Waals surface area (Å²) in [5, 5.41) is 7.43. The molecule has 168 valence electrons. The van der Waals surface area contributed by atoms with Gasteiger partial charge in [-0.3, -0.25) is 0 Å². The monoisotopic (exact) mass is 445 g/mol. The number of hydrogen-bond acceptors (Lipinski definition) is 7. The van der Waals surface area contributed by atoms with Crippen LogP contribution in [0.25, 0.3) is 34.0 Å². The Labute approximate surface area is 190 Å². The Kier molecular flexibility index (Phi) is 5.85. The van der Waals surface area contributed by atoms with Gasteiger partial charge in [-0.05, 0) is 31.0 Å². The van der Waals surface area contributed by atoms with Crippen LogP contribution in [-0.4, -0.2) is 34.4 Å². The van der Waals surface area contributed by atoms with Gasteiger partial charge in [-0.1, -0.05) is 41.1 Å². The van der Waals surface area contributed by atoms with Crippen molar-refractivity contribution in [1.82, 2.24) is 20.4 Å². The Morgan fingerprint density at radius 3 is 2.73 bits per heavy atom. The number of hydrogen-bond donors (Lipinski definition) is 2. The van der Waals surface area contributed by atoms with Gasteiger partial charge < -0.3 is 20.3 Å². The number of ether oxygens (including phenoxy) is 1. The topological polar surface area (TPSA) is 99.1 Å². The van der Waals surface area contributed by atoms with Crippen molar-refractivity contribution in [2.45, 2.75) is 25.9 Å². The molecule has 3 N–H and O–H groups in total. The summed E-state index contributed by atoms with van der Waals surface area (Å²) < 4.78 is 25.7. The fourth-order valence-corrected chi connectivity index (χ4v) is 3.79. The number of aryl methyl sites for hydroxylation is 1. The van der Waals surface area contributed by atoms with Gasteiger partial charge in [0.1, 0.15) is 11.5 Å². The average molecular weight is 445 g/mol. The summed E-state index contributed by atoms with van der Waals surface area (Å²) in [7, 11) is 0. The van der Waals surface area contributed by atoms with Crippen LogP contribution in [0.2, 0.25) is 0 Å². The van der Waals surface area contributed by atoms with Crippen molar-refractivity contribution in [3.63, 3.8) is 0 Å². The van der Waals surface area contributed by atoms with Crippen LogP contribution < -0.4 is 11.1 Å². The smallest absolute Gasteiger partial charge is 0.189 e. The number of halogens is 1. The number of nitrogen functional groups attached to an aromatic ring is 1. The highest BCUT2D eigenvalue weighted by Crippen LogP contribution is 2.31. The summed E-state index contributed by atoms with van der Waals surface area (Å²) in [4.78, 5) is 8.87. The predicted molar refractivity (Wildman–Crippen MR) is 124 cm³/mol. The molecule has 0 saturated carbocycles. The third-order valence-corrected chi connectivity index (χ3v) is 5.73. The number of anilines is 1. The minimum atomic E-state index is -0.371.